The van der Waals surface area contributed by atoms with Gasteiger partial charge in [-0.1, -0.05) is 44.2 Å². The lowest BCUT2D eigenvalue weighted by molar-refractivity contribution is 0.138. The van der Waals surface area contributed by atoms with E-state index in [-0.39, 0.29) is 0 Å². The molecule has 2 heteroatoms. The van der Waals surface area contributed by atoms with Crippen LogP contribution < -0.4 is 5.32 Å². The Balaban J connectivity index is 2.33. The molecule has 0 aliphatic carbocycles. The van der Waals surface area contributed by atoms with E-state index in [0.29, 0.717) is 6.04 Å². The molecule has 0 amide bonds. The van der Waals surface area contributed by atoms with Crippen molar-refractivity contribution in [1.29, 1.82) is 0 Å². The fraction of sp³-hybridized carbons (Fsp3) is 0.529. The Morgan fingerprint density at radius 1 is 1.21 bits per heavy atom. The highest BCUT2D eigenvalue weighted by atomic mass is 16.5. The van der Waals surface area contributed by atoms with Gasteiger partial charge in [0, 0.05) is 12.6 Å². The molecule has 0 heterocycles. The number of benzene rings is 1. The number of hydrogen-bond acceptors (Lipinski definition) is 2. The first kappa shape index (κ1) is 15.9. The molecule has 0 fully saturated rings. The Hall–Kier alpha value is -1.12. The summed E-state index contributed by atoms with van der Waals surface area (Å²) in [6.07, 6.45) is 5.01. The molecule has 0 radical (unpaired) electrons. The molecule has 0 aliphatic rings. The Morgan fingerprint density at radius 2 is 1.95 bits per heavy atom. The fourth-order valence-corrected chi connectivity index (χ4v) is 2.06. The highest BCUT2D eigenvalue weighted by molar-refractivity contribution is 5.24. The van der Waals surface area contributed by atoms with Crippen molar-refractivity contribution in [2.24, 2.45) is 0 Å². The number of ether oxygens (including phenoxy) is 1. The summed E-state index contributed by atoms with van der Waals surface area (Å²) < 4.78 is 5.51. The first-order chi connectivity index (χ1) is 9.31. The summed E-state index contributed by atoms with van der Waals surface area (Å²) in [6.45, 7) is 10.5. The average molecular weight is 261 g/mol. The van der Waals surface area contributed by atoms with Crippen LogP contribution >= 0.6 is 0 Å². The number of rotatable bonds is 10. The van der Waals surface area contributed by atoms with Crippen LogP contribution in [0.4, 0.5) is 0 Å². The van der Waals surface area contributed by atoms with Gasteiger partial charge in [-0.05, 0) is 30.4 Å². The van der Waals surface area contributed by atoms with E-state index in [1.54, 1.807) is 0 Å². The molecule has 1 N–H and O–H groups in total. The maximum atomic E-state index is 5.51. The van der Waals surface area contributed by atoms with Crippen molar-refractivity contribution >= 4 is 0 Å². The summed E-state index contributed by atoms with van der Waals surface area (Å²) in [7, 11) is 0. The zero-order chi connectivity index (χ0) is 13.9. The van der Waals surface area contributed by atoms with Gasteiger partial charge < -0.3 is 10.1 Å². The van der Waals surface area contributed by atoms with Gasteiger partial charge in [-0.2, -0.15) is 0 Å². The van der Waals surface area contributed by atoms with Crippen molar-refractivity contribution in [2.45, 2.75) is 39.2 Å². The van der Waals surface area contributed by atoms with E-state index in [1.165, 1.54) is 11.1 Å². The second kappa shape index (κ2) is 9.76. The molecule has 0 aromatic heterocycles. The van der Waals surface area contributed by atoms with Gasteiger partial charge in [0.1, 0.15) is 0 Å². The third-order valence-corrected chi connectivity index (χ3v) is 3.30. The van der Waals surface area contributed by atoms with Crippen LogP contribution in [-0.4, -0.2) is 19.8 Å². The Labute approximate surface area is 117 Å². The molecule has 1 aromatic rings. The maximum Gasteiger partial charge on any atom is 0.0591 e. The number of hydrogen-bond donors (Lipinski definition) is 1. The van der Waals surface area contributed by atoms with E-state index in [2.05, 4.69) is 50.0 Å². The Bertz CT molecular complexity index is 345. The van der Waals surface area contributed by atoms with Crippen LogP contribution in [0.5, 0.6) is 0 Å². The molecule has 0 spiro atoms. The SMILES string of the molecule is C=CCCOCCNC(CC)c1ccc(CC)cc1. The lowest BCUT2D eigenvalue weighted by atomic mass is 10.0. The zero-order valence-electron chi connectivity index (χ0n) is 12.3. The van der Waals surface area contributed by atoms with E-state index >= 15 is 0 Å². The standard InChI is InChI=1S/C17H27NO/c1-4-7-13-19-14-12-18-17(6-3)16-10-8-15(5-2)9-11-16/h4,8-11,17-18H,1,5-7,12-14H2,2-3H3. The van der Waals surface area contributed by atoms with Crippen LogP contribution in [-0.2, 0) is 11.2 Å². The van der Waals surface area contributed by atoms with Gasteiger partial charge in [0.25, 0.3) is 0 Å². The fourth-order valence-electron chi connectivity index (χ4n) is 2.06. The molecule has 0 saturated carbocycles. The average Bonchev–Trinajstić information content (AvgIpc) is 2.47. The predicted molar refractivity (Wildman–Crippen MR) is 82.5 cm³/mol. The molecule has 2 nitrogen and oxygen atoms in total. The molecule has 19 heavy (non-hydrogen) atoms. The van der Waals surface area contributed by atoms with E-state index < -0.39 is 0 Å². The van der Waals surface area contributed by atoms with Gasteiger partial charge in [-0.25, -0.2) is 0 Å². The van der Waals surface area contributed by atoms with E-state index in [0.717, 1.165) is 39.0 Å². The van der Waals surface area contributed by atoms with E-state index in [4.69, 9.17) is 4.74 Å². The smallest absolute Gasteiger partial charge is 0.0591 e. The summed E-state index contributed by atoms with van der Waals surface area (Å²) in [5.74, 6) is 0. The first-order valence-electron chi connectivity index (χ1n) is 7.32. The molecule has 106 valence electrons. The summed E-state index contributed by atoms with van der Waals surface area (Å²) >= 11 is 0. The third-order valence-electron chi connectivity index (χ3n) is 3.30. The molecule has 0 saturated heterocycles. The van der Waals surface area contributed by atoms with Gasteiger partial charge in [-0.3, -0.25) is 0 Å². The molecule has 1 aromatic carbocycles. The number of nitrogens with one attached hydrogen (secondary N) is 1. The third kappa shape index (κ3) is 6.04. The van der Waals surface area contributed by atoms with Crippen LogP contribution in [0.2, 0.25) is 0 Å². The minimum atomic E-state index is 0.425. The topological polar surface area (TPSA) is 21.3 Å². The summed E-state index contributed by atoms with van der Waals surface area (Å²) in [5.41, 5.74) is 2.76. The monoisotopic (exact) mass is 261 g/mol. The quantitative estimate of drug-likeness (QED) is 0.510. The van der Waals surface area contributed by atoms with Gasteiger partial charge in [0.15, 0.2) is 0 Å². The molecule has 0 bridgehead atoms. The van der Waals surface area contributed by atoms with E-state index in [9.17, 15) is 0 Å². The van der Waals surface area contributed by atoms with Crippen molar-refractivity contribution in [3.8, 4) is 0 Å². The lowest BCUT2D eigenvalue weighted by Gasteiger charge is -2.17. The van der Waals surface area contributed by atoms with E-state index in [1.807, 2.05) is 6.08 Å². The zero-order valence-corrected chi connectivity index (χ0v) is 12.3. The van der Waals surface area contributed by atoms with Crippen molar-refractivity contribution < 1.29 is 4.74 Å². The highest BCUT2D eigenvalue weighted by Gasteiger charge is 2.07. The molecular formula is C17H27NO. The van der Waals surface area contributed by atoms with Gasteiger partial charge in [0.05, 0.1) is 13.2 Å². The number of aryl methyl sites for hydroxylation is 1. The summed E-state index contributed by atoms with van der Waals surface area (Å²) in [4.78, 5) is 0. The van der Waals surface area contributed by atoms with Gasteiger partial charge >= 0.3 is 0 Å². The van der Waals surface area contributed by atoms with Crippen LogP contribution in [0.3, 0.4) is 0 Å². The second-order valence-corrected chi connectivity index (χ2v) is 4.70. The van der Waals surface area contributed by atoms with Crippen LogP contribution in [0.15, 0.2) is 36.9 Å². The van der Waals surface area contributed by atoms with Crippen LogP contribution in [0.1, 0.15) is 43.9 Å². The molecule has 1 unspecified atom stereocenters. The lowest BCUT2D eigenvalue weighted by Crippen LogP contribution is -2.25. The normalized spacial score (nSPS) is 12.3. The van der Waals surface area contributed by atoms with Crippen LogP contribution in [0.25, 0.3) is 0 Å². The van der Waals surface area contributed by atoms with Gasteiger partial charge in [0.2, 0.25) is 0 Å². The van der Waals surface area contributed by atoms with Crippen molar-refractivity contribution in [3.63, 3.8) is 0 Å². The Morgan fingerprint density at radius 3 is 2.53 bits per heavy atom. The molecule has 1 atom stereocenters. The van der Waals surface area contributed by atoms with Crippen LogP contribution in [0, 0.1) is 0 Å². The minimum Gasteiger partial charge on any atom is -0.380 e. The molecular weight excluding hydrogens is 234 g/mol. The largest absolute Gasteiger partial charge is 0.380 e. The van der Waals surface area contributed by atoms with Crippen molar-refractivity contribution in [2.75, 3.05) is 19.8 Å². The Kier molecular flexibility index (Phi) is 8.19. The minimum absolute atomic E-state index is 0.425. The van der Waals surface area contributed by atoms with Crippen molar-refractivity contribution in [3.05, 3.63) is 48.0 Å². The molecule has 0 aliphatic heterocycles. The predicted octanol–water partition coefficient (Wildman–Crippen LogP) is 3.88. The van der Waals surface area contributed by atoms with Crippen molar-refractivity contribution in [1.82, 2.24) is 5.32 Å². The van der Waals surface area contributed by atoms with Gasteiger partial charge in [-0.15, -0.1) is 6.58 Å². The first-order valence-corrected chi connectivity index (χ1v) is 7.32. The maximum absolute atomic E-state index is 5.51. The summed E-state index contributed by atoms with van der Waals surface area (Å²) in [5, 5.41) is 3.55. The highest BCUT2D eigenvalue weighted by Crippen LogP contribution is 2.17. The molecule has 1 rings (SSSR count). The second-order valence-electron chi connectivity index (χ2n) is 4.70. The summed E-state index contributed by atoms with van der Waals surface area (Å²) in [6, 6.07) is 9.34.